The maximum absolute atomic E-state index is 12.0. The summed E-state index contributed by atoms with van der Waals surface area (Å²) < 4.78 is 1.41. The third-order valence-electron chi connectivity index (χ3n) is 2.92. The van der Waals surface area contributed by atoms with Crippen LogP contribution in [-0.2, 0) is 11.3 Å². The summed E-state index contributed by atoms with van der Waals surface area (Å²) in [5.41, 5.74) is -0.157. The molecule has 0 bridgehead atoms. The molecule has 0 saturated carbocycles. The molecule has 1 rings (SSSR count). The molecule has 5 nitrogen and oxygen atoms in total. The first-order valence-electron chi connectivity index (χ1n) is 6.98. The van der Waals surface area contributed by atoms with Crippen molar-refractivity contribution in [2.75, 3.05) is 20.6 Å². The van der Waals surface area contributed by atoms with Gasteiger partial charge in [0.2, 0.25) is 5.91 Å². The highest BCUT2D eigenvalue weighted by molar-refractivity contribution is 5.76. The summed E-state index contributed by atoms with van der Waals surface area (Å²) >= 11 is 0. The molecule has 20 heavy (non-hydrogen) atoms. The van der Waals surface area contributed by atoms with Crippen LogP contribution in [0.4, 0.5) is 0 Å². The zero-order chi connectivity index (χ0) is 15.1. The van der Waals surface area contributed by atoms with Gasteiger partial charge in [-0.15, -0.1) is 0 Å². The first kappa shape index (κ1) is 16.4. The van der Waals surface area contributed by atoms with E-state index in [4.69, 9.17) is 0 Å². The lowest BCUT2D eigenvalue weighted by Crippen LogP contribution is -2.44. The normalized spacial score (nSPS) is 12.7. The number of nitrogens with zero attached hydrogens (tertiary/aromatic N) is 2. The molecule has 1 aromatic heterocycles. The number of nitrogens with one attached hydrogen (secondary N) is 1. The van der Waals surface area contributed by atoms with Crippen molar-refractivity contribution in [3.05, 3.63) is 34.7 Å². The van der Waals surface area contributed by atoms with Crippen LogP contribution in [0.5, 0.6) is 0 Å². The first-order valence-corrected chi connectivity index (χ1v) is 6.98. The van der Waals surface area contributed by atoms with E-state index in [1.54, 1.807) is 18.3 Å². The van der Waals surface area contributed by atoms with Crippen molar-refractivity contribution in [3.63, 3.8) is 0 Å². The lowest BCUT2D eigenvalue weighted by atomic mass is 10.0. The molecule has 1 N–H and O–H groups in total. The second-order valence-corrected chi connectivity index (χ2v) is 5.82. The minimum absolute atomic E-state index is 0.0711. The van der Waals surface area contributed by atoms with Gasteiger partial charge < -0.3 is 14.8 Å². The maximum Gasteiger partial charge on any atom is 0.250 e. The fraction of sp³-hybridized carbons (Fsp3) is 0.600. The van der Waals surface area contributed by atoms with Crippen molar-refractivity contribution in [3.8, 4) is 0 Å². The number of pyridine rings is 1. The Balaban J connectivity index is 2.61. The molecule has 0 aliphatic heterocycles. The van der Waals surface area contributed by atoms with Crippen LogP contribution in [0, 0.1) is 5.92 Å². The van der Waals surface area contributed by atoms with Crippen molar-refractivity contribution in [1.82, 2.24) is 14.8 Å². The van der Waals surface area contributed by atoms with Crippen molar-refractivity contribution >= 4 is 5.91 Å². The minimum Gasteiger partial charge on any atom is -0.351 e. The molecule has 112 valence electrons. The van der Waals surface area contributed by atoms with Gasteiger partial charge >= 0.3 is 0 Å². The Kier molecular flexibility index (Phi) is 6.45. The Morgan fingerprint density at radius 3 is 2.60 bits per heavy atom. The van der Waals surface area contributed by atoms with E-state index < -0.39 is 0 Å². The van der Waals surface area contributed by atoms with Crippen molar-refractivity contribution in [1.29, 1.82) is 0 Å². The van der Waals surface area contributed by atoms with Crippen LogP contribution < -0.4 is 10.9 Å². The molecule has 1 atom stereocenters. The SMILES string of the molecule is CC(C)C[C@@H](CN(C)C)NC(=O)Cn1ccccc1=O. The minimum atomic E-state index is -0.157. The number of aromatic nitrogens is 1. The number of hydrogen-bond donors (Lipinski definition) is 1. The fourth-order valence-corrected chi connectivity index (χ4v) is 2.21. The molecule has 0 saturated heterocycles. The second-order valence-electron chi connectivity index (χ2n) is 5.82. The highest BCUT2D eigenvalue weighted by Gasteiger charge is 2.15. The first-order chi connectivity index (χ1) is 9.38. The zero-order valence-electron chi connectivity index (χ0n) is 12.8. The molecule has 0 radical (unpaired) electrons. The van der Waals surface area contributed by atoms with E-state index in [1.807, 2.05) is 14.1 Å². The summed E-state index contributed by atoms with van der Waals surface area (Å²) in [6, 6.07) is 4.99. The summed E-state index contributed by atoms with van der Waals surface area (Å²) in [6.07, 6.45) is 2.55. The molecule has 1 amide bonds. The molecular formula is C15H25N3O2. The molecule has 0 unspecified atom stereocenters. The van der Waals surface area contributed by atoms with Crippen LogP contribution in [-0.4, -0.2) is 42.1 Å². The number of likely N-dealkylation sites (N-methyl/N-ethyl adjacent to an activating group) is 1. The van der Waals surface area contributed by atoms with E-state index in [9.17, 15) is 9.59 Å². The van der Waals surface area contributed by atoms with Crippen molar-refractivity contribution < 1.29 is 4.79 Å². The van der Waals surface area contributed by atoms with Crippen LogP contribution in [0.3, 0.4) is 0 Å². The highest BCUT2D eigenvalue weighted by atomic mass is 16.2. The van der Waals surface area contributed by atoms with E-state index >= 15 is 0 Å². The molecular weight excluding hydrogens is 254 g/mol. The molecule has 0 spiro atoms. The van der Waals surface area contributed by atoms with E-state index in [1.165, 1.54) is 10.6 Å². The van der Waals surface area contributed by atoms with Crippen molar-refractivity contribution in [2.24, 2.45) is 5.92 Å². The molecule has 1 heterocycles. The predicted octanol–water partition coefficient (Wildman–Crippen LogP) is 0.941. The Bertz CT molecular complexity index is 470. The van der Waals surface area contributed by atoms with Gasteiger partial charge in [0.1, 0.15) is 6.54 Å². The number of carbonyl (C=O) groups is 1. The van der Waals surface area contributed by atoms with Gasteiger partial charge in [-0.25, -0.2) is 0 Å². The number of amides is 1. The van der Waals surface area contributed by atoms with Crippen LogP contribution in [0.25, 0.3) is 0 Å². The predicted molar refractivity (Wildman–Crippen MR) is 80.6 cm³/mol. The summed E-state index contributed by atoms with van der Waals surface area (Å²) in [5, 5.41) is 3.02. The van der Waals surface area contributed by atoms with Crippen LogP contribution in [0.2, 0.25) is 0 Å². The Labute approximate surface area is 120 Å². The second kappa shape index (κ2) is 7.85. The molecule has 5 heteroatoms. The summed E-state index contributed by atoms with van der Waals surface area (Å²) in [6.45, 7) is 5.14. The lowest BCUT2D eigenvalue weighted by molar-refractivity contribution is -0.122. The van der Waals surface area contributed by atoms with Crippen molar-refractivity contribution in [2.45, 2.75) is 32.9 Å². The average molecular weight is 279 g/mol. The quantitative estimate of drug-likeness (QED) is 0.808. The van der Waals surface area contributed by atoms with Gasteiger partial charge in [0, 0.05) is 24.8 Å². The molecule has 0 fully saturated rings. The highest BCUT2D eigenvalue weighted by Crippen LogP contribution is 2.05. The Morgan fingerprint density at radius 2 is 2.05 bits per heavy atom. The van der Waals surface area contributed by atoms with E-state index in [0.29, 0.717) is 5.92 Å². The van der Waals surface area contributed by atoms with Crippen LogP contribution >= 0.6 is 0 Å². The lowest BCUT2D eigenvalue weighted by Gasteiger charge is -2.24. The number of rotatable bonds is 7. The third-order valence-corrected chi connectivity index (χ3v) is 2.92. The fourth-order valence-electron chi connectivity index (χ4n) is 2.21. The molecule has 0 aliphatic rings. The van der Waals surface area contributed by atoms with Gasteiger partial charge in [0.05, 0.1) is 0 Å². The van der Waals surface area contributed by atoms with Gasteiger partial charge in [0.15, 0.2) is 0 Å². The zero-order valence-corrected chi connectivity index (χ0v) is 12.8. The van der Waals surface area contributed by atoms with Gasteiger partial charge in [-0.05, 0) is 32.5 Å². The standard InChI is InChI=1S/C15H25N3O2/c1-12(2)9-13(10-17(3)4)16-14(19)11-18-8-6-5-7-15(18)20/h5-8,12-13H,9-11H2,1-4H3,(H,16,19)/t13-/m0/s1. The number of hydrogen-bond acceptors (Lipinski definition) is 3. The topological polar surface area (TPSA) is 54.3 Å². The van der Waals surface area contributed by atoms with E-state index in [0.717, 1.165) is 13.0 Å². The number of carbonyl (C=O) groups excluding carboxylic acids is 1. The summed E-state index contributed by atoms with van der Waals surface area (Å²) in [7, 11) is 3.97. The Morgan fingerprint density at radius 1 is 1.35 bits per heavy atom. The summed E-state index contributed by atoms with van der Waals surface area (Å²) in [4.78, 5) is 25.7. The average Bonchev–Trinajstić information content (AvgIpc) is 2.30. The maximum atomic E-state index is 12.0. The summed E-state index contributed by atoms with van der Waals surface area (Å²) in [5.74, 6) is 0.394. The van der Waals surface area contributed by atoms with Crippen LogP contribution in [0.15, 0.2) is 29.2 Å². The van der Waals surface area contributed by atoms with E-state index in [2.05, 4.69) is 24.1 Å². The van der Waals surface area contributed by atoms with Gasteiger partial charge in [0.25, 0.3) is 5.56 Å². The van der Waals surface area contributed by atoms with E-state index in [-0.39, 0.29) is 24.1 Å². The van der Waals surface area contributed by atoms with Crippen LogP contribution in [0.1, 0.15) is 20.3 Å². The molecule has 1 aromatic rings. The molecule has 0 aromatic carbocycles. The van der Waals surface area contributed by atoms with Gasteiger partial charge in [-0.1, -0.05) is 19.9 Å². The third kappa shape index (κ3) is 6.02. The Hall–Kier alpha value is -1.62. The monoisotopic (exact) mass is 279 g/mol. The van der Waals surface area contributed by atoms with Gasteiger partial charge in [-0.3, -0.25) is 9.59 Å². The largest absolute Gasteiger partial charge is 0.351 e. The molecule has 0 aliphatic carbocycles. The smallest absolute Gasteiger partial charge is 0.250 e. The van der Waals surface area contributed by atoms with Gasteiger partial charge in [-0.2, -0.15) is 0 Å².